The Morgan fingerprint density at radius 2 is 1.93 bits per heavy atom. The van der Waals surface area contributed by atoms with E-state index in [4.69, 9.17) is 0 Å². The van der Waals surface area contributed by atoms with Crippen LogP contribution in [0.3, 0.4) is 0 Å². The van der Waals surface area contributed by atoms with E-state index in [1.165, 1.54) is 24.0 Å². The second kappa shape index (κ2) is 4.29. The minimum Gasteiger partial charge on any atom is -0.0839 e. The summed E-state index contributed by atoms with van der Waals surface area (Å²) >= 11 is 3.80. The normalized spacial score (nSPS) is 25.4. The Labute approximate surface area is 101 Å². The van der Waals surface area contributed by atoms with Crippen LogP contribution in [0.1, 0.15) is 67.0 Å². The lowest BCUT2D eigenvalue weighted by molar-refractivity contribution is 0.586. The molecule has 0 heterocycles. The summed E-state index contributed by atoms with van der Waals surface area (Å²) in [5.74, 6) is 1.36. The third-order valence-electron chi connectivity index (χ3n) is 3.50. The van der Waals surface area contributed by atoms with Crippen molar-refractivity contribution in [3.63, 3.8) is 0 Å². The van der Waals surface area contributed by atoms with E-state index in [-0.39, 0.29) is 0 Å². The van der Waals surface area contributed by atoms with Crippen LogP contribution in [0.15, 0.2) is 18.2 Å². The van der Waals surface area contributed by atoms with Crippen molar-refractivity contribution in [2.75, 3.05) is 0 Å². The van der Waals surface area contributed by atoms with Crippen molar-refractivity contribution < 1.29 is 0 Å². The lowest BCUT2D eigenvalue weighted by Crippen LogP contribution is -2.09. The molecule has 0 saturated carbocycles. The first kappa shape index (κ1) is 11.2. The van der Waals surface area contributed by atoms with Gasteiger partial charge in [-0.15, -0.1) is 0 Å². The Balaban J connectivity index is 2.45. The largest absolute Gasteiger partial charge is 0.0839 e. The molecule has 0 amide bonds. The smallest absolute Gasteiger partial charge is 0.0398 e. The van der Waals surface area contributed by atoms with Gasteiger partial charge in [-0.2, -0.15) is 0 Å². The van der Waals surface area contributed by atoms with E-state index in [9.17, 15) is 0 Å². The predicted octanol–water partition coefficient (Wildman–Crippen LogP) is 5.14. The lowest BCUT2D eigenvalue weighted by atomic mass is 9.82. The fourth-order valence-corrected chi connectivity index (χ4v) is 3.04. The zero-order valence-corrected chi connectivity index (χ0v) is 11.3. The number of hydrogen-bond acceptors (Lipinski definition) is 0. The van der Waals surface area contributed by atoms with Crippen molar-refractivity contribution in [1.82, 2.24) is 0 Å². The average Bonchev–Trinajstić information content (AvgIpc) is 2.23. The van der Waals surface area contributed by atoms with Gasteiger partial charge in [0, 0.05) is 4.83 Å². The second-order valence-electron chi connectivity index (χ2n) is 4.99. The number of halogens is 1. The summed E-state index contributed by atoms with van der Waals surface area (Å²) < 4.78 is 0. The molecule has 15 heavy (non-hydrogen) atoms. The molecule has 0 aromatic heterocycles. The van der Waals surface area contributed by atoms with E-state index in [0.29, 0.717) is 10.7 Å². The van der Waals surface area contributed by atoms with Gasteiger partial charge in [0.15, 0.2) is 0 Å². The number of fused-ring (bicyclic) bond motifs is 1. The molecule has 0 fully saturated rings. The van der Waals surface area contributed by atoms with E-state index in [1.54, 1.807) is 5.56 Å². The van der Waals surface area contributed by atoms with Gasteiger partial charge < -0.3 is 0 Å². The van der Waals surface area contributed by atoms with Gasteiger partial charge in [-0.1, -0.05) is 54.9 Å². The fraction of sp³-hybridized carbons (Fsp3) is 0.571. The van der Waals surface area contributed by atoms with E-state index in [1.807, 2.05) is 0 Å². The Kier molecular flexibility index (Phi) is 3.20. The molecule has 1 aliphatic carbocycles. The predicted molar refractivity (Wildman–Crippen MR) is 69.8 cm³/mol. The van der Waals surface area contributed by atoms with Crippen LogP contribution in [0.5, 0.6) is 0 Å². The van der Waals surface area contributed by atoms with Crippen molar-refractivity contribution in [2.24, 2.45) is 0 Å². The minimum atomic E-state index is 0.572. The molecule has 0 radical (unpaired) electrons. The summed E-state index contributed by atoms with van der Waals surface area (Å²) in [5, 5.41) is 0. The summed E-state index contributed by atoms with van der Waals surface area (Å²) in [6.45, 7) is 6.86. The van der Waals surface area contributed by atoms with Crippen LogP contribution in [0.4, 0.5) is 0 Å². The topological polar surface area (TPSA) is 0 Å². The van der Waals surface area contributed by atoms with Gasteiger partial charge in [0.2, 0.25) is 0 Å². The minimum absolute atomic E-state index is 0.572. The highest BCUT2D eigenvalue weighted by molar-refractivity contribution is 9.09. The summed E-state index contributed by atoms with van der Waals surface area (Å²) in [4.78, 5) is 0.572. The fourth-order valence-electron chi connectivity index (χ4n) is 2.38. The molecular weight excluding hydrogens is 248 g/mol. The van der Waals surface area contributed by atoms with Crippen LogP contribution >= 0.6 is 15.9 Å². The van der Waals surface area contributed by atoms with Gasteiger partial charge in [0.25, 0.3) is 0 Å². The SMILES string of the molecule is CC(C)c1ccc2c(c1)C(Br)CCC2C. The standard InChI is InChI=1S/C14H19Br/c1-9(2)11-5-6-12-10(3)4-7-14(15)13(12)8-11/h5-6,8-10,14H,4,7H2,1-3H3. The molecule has 1 aromatic carbocycles. The Morgan fingerprint density at radius 3 is 2.60 bits per heavy atom. The second-order valence-corrected chi connectivity index (χ2v) is 6.09. The van der Waals surface area contributed by atoms with E-state index < -0.39 is 0 Å². The molecule has 0 spiro atoms. The molecule has 2 atom stereocenters. The zero-order valence-electron chi connectivity index (χ0n) is 9.76. The highest BCUT2D eigenvalue weighted by Gasteiger charge is 2.23. The van der Waals surface area contributed by atoms with Crippen molar-refractivity contribution in [1.29, 1.82) is 0 Å². The van der Waals surface area contributed by atoms with Gasteiger partial charge in [0.05, 0.1) is 0 Å². The Hall–Kier alpha value is -0.300. The molecule has 0 aliphatic heterocycles. The van der Waals surface area contributed by atoms with Crippen LogP contribution in [0.25, 0.3) is 0 Å². The first-order chi connectivity index (χ1) is 7.09. The van der Waals surface area contributed by atoms with Gasteiger partial charge in [-0.05, 0) is 41.4 Å². The van der Waals surface area contributed by atoms with Crippen molar-refractivity contribution in [2.45, 2.75) is 50.3 Å². The maximum absolute atomic E-state index is 3.80. The molecule has 0 saturated heterocycles. The molecule has 1 aromatic rings. The van der Waals surface area contributed by atoms with Crippen LogP contribution in [-0.2, 0) is 0 Å². The van der Waals surface area contributed by atoms with Crippen molar-refractivity contribution >= 4 is 15.9 Å². The first-order valence-electron chi connectivity index (χ1n) is 5.87. The molecule has 2 rings (SSSR count). The number of rotatable bonds is 1. The van der Waals surface area contributed by atoms with Gasteiger partial charge in [-0.25, -0.2) is 0 Å². The highest BCUT2D eigenvalue weighted by atomic mass is 79.9. The molecule has 2 unspecified atom stereocenters. The van der Waals surface area contributed by atoms with Crippen LogP contribution in [0, 0.1) is 0 Å². The van der Waals surface area contributed by atoms with Crippen molar-refractivity contribution in [3.8, 4) is 0 Å². The monoisotopic (exact) mass is 266 g/mol. The average molecular weight is 267 g/mol. The number of hydrogen-bond donors (Lipinski definition) is 0. The van der Waals surface area contributed by atoms with Crippen LogP contribution in [0.2, 0.25) is 0 Å². The van der Waals surface area contributed by atoms with E-state index in [0.717, 1.165) is 5.92 Å². The molecule has 1 heteroatoms. The van der Waals surface area contributed by atoms with Gasteiger partial charge in [0.1, 0.15) is 0 Å². The quantitative estimate of drug-likeness (QED) is 0.618. The van der Waals surface area contributed by atoms with Crippen LogP contribution < -0.4 is 0 Å². The van der Waals surface area contributed by atoms with Crippen molar-refractivity contribution in [3.05, 3.63) is 34.9 Å². The molecule has 0 bridgehead atoms. The number of benzene rings is 1. The lowest BCUT2D eigenvalue weighted by Gasteiger charge is -2.27. The van der Waals surface area contributed by atoms with Gasteiger partial charge >= 0.3 is 0 Å². The molecule has 0 nitrogen and oxygen atoms in total. The number of alkyl halides is 1. The zero-order chi connectivity index (χ0) is 11.0. The maximum atomic E-state index is 3.80. The molecular formula is C14H19Br. The third-order valence-corrected chi connectivity index (χ3v) is 4.45. The van der Waals surface area contributed by atoms with Gasteiger partial charge in [-0.3, -0.25) is 0 Å². The summed E-state index contributed by atoms with van der Waals surface area (Å²) in [7, 11) is 0. The maximum Gasteiger partial charge on any atom is 0.0398 e. The summed E-state index contributed by atoms with van der Waals surface area (Å²) in [6, 6.07) is 7.03. The highest BCUT2D eigenvalue weighted by Crippen LogP contribution is 2.42. The summed E-state index contributed by atoms with van der Waals surface area (Å²) in [5.41, 5.74) is 4.54. The molecule has 0 N–H and O–H groups in total. The van der Waals surface area contributed by atoms with E-state index >= 15 is 0 Å². The molecule has 82 valence electrons. The first-order valence-corrected chi connectivity index (χ1v) is 6.79. The molecule has 1 aliphatic rings. The Morgan fingerprint density at radius 1 is 1.20 bits per heavy atom. The van der Waals surface area contributed by atoms with Crippen LogP contribution in [-0.4, -0.2) is 0 Å². The van der Waals surface area contributed by atoms with E-state index in [2.05, 4.69) is 54.9 Å². The Bertz CT molecular complexity index is 354. The summed E-state index contributed by atoms with van der Waals surface area (Å²) in [6.07, 6.45) is 2.58. The third kappa shape index (κ3) is 2.13.